The number of rotatable bonds is 4. The fraction of sp³-hybridized carbons (Fsp3) is 0.471. The van der Waals surface area contributed by atoms with Gasteiger partial charge in [-0.15, -0.1) is 12.4 Å². The van der Waals surface area contributed by atoms with Crippen LogP contribution in [-0.4, -0.2) is 34.3 Å². The second-order valence-corrected chi connectivity index (χ2v) is 6.13. The van der Waals surface area contributed by atoms with E-state index >= 15 is 0 Å². The third kappa shape index (κ3) is 3.51. The molecule has 1 aliphatic rings. The highest BCUT2D eigenvalue weighted by molar-refractivity contribution is 5.85. The SMILES string of the molecule is Cc1ccc(CN2CCC(CN)C2)c(-c2ccnn2C)c1.Cl. The topological polar surface area (TPSA) is 47.1 Å². The maximum atomic E-state index is 5.80. The van der Waals surface area contributed by atoms with E-state index in [9.17, 15) is 0 Å². The van der Waals surface area contributed by atoms with Gasteiger partial charge in [-0.2, -0.15) is 5.10 Å². The molecule has 1 aromatic carbocycles. The Labute approximate surface area is 138 Å². The van der Waals surface area contributed by atoms with Crippen LogP contribution in [0.2, 0.25) is 0 Å². The van der Waals surface area contributed by atoms with Crippen LogP contribution >= 0.6 is 12.4 Å². The van der Waals surface area contributed by atoms with Gasteiger partial charge in [0.05, 0.1) is 5.69 Å². The molecule has 0 radical (unpaired) electrons. The average Bonchev–Trinajstić information content (AvgIpc) is 3.09. The van der Waals surface area contributed by atoms with Crippen LogP contribution in [-0.2, 0) is 13.6 Å². The molecule has 3 rings (SSSR count). The van der Waals surface area contributed by atoms with E-state index in [2.05, 4.69) is 41.2 Å². The zero-order valence-corrected chi connectivity index (χ0v) is 14.1. The Kier molecular flexibility index (Phi) is 5.62. The lowest BCUT2D eigenvalue weighted by Gasteiger charge is -2.19. The minimum atomic E-state index is 0. The summed E-state index contributed by atoms with van der Waals surface area (Å²) in [4.78, 5) is 2.52. The predicted molar refractivity (Wildman–Crippen MR) is 93.1 cm³/mol. The van der Waals surface area contributed by atoms with Gasteiger partial charge in [0, 0.05) is 31.9 Å². The Morgan fingerprint density at radius 3 is 2.77 bits per heavy atom. The molecule has 0 bridgehead atoms. The first kappa shape index (κ1) is 17.0. The lowest BCUT2D eigenvalue weighted by Crippen LogP contribution is -2.23. The zero-order chi connectivity index (χ0) is 14.8. The van der Waals surface area contributed by atoms with Crippen LogP contribution in [0.3, 0.4) is 0 Å². The Balaban J connectivity index is 0.00000176. The molecule has 0 aliphatic carbocycles. The Morgan fingerprint density at radius 2 is 2.14 bits per heavy atom. The van der Waals surface area contributed by atoms with Crippen molar-refractivity contribution in [2.75, 3.05) is 19.6 Å². The molecule has 120 valence electrons. The number of aryl methyl sites for hydroxylation is 2. The third-order valence-electron chi connectivity index (χ3n) is 4.46. The highest BCUT2D eigenvalue weighted by atomic mass is 35.5. The summed E-state index contributed by atoms with van der Waals surface area (Å²) in [5.74, 6) is 0.663. The summed E-state index contributed by atoms with van der Waals surface area (Å²) in [6, 6.07) is 8.81. The Bertz CT molecular complexity index is 623. The average molecular weight is 321 g/mol. The van der Waals surface area contributed by atoms with Gasteiger partial charge in [0.25, 0.3) is 0 Å². The standard InChI is InChI=1S/C17H24N4.ClH/c1-13-3-4-15(12-21-8-6-14(10-18)11-21)16(9-13)17-5-7-19-20(17)2;/h3-5,7,9,14H,6,8,10-12,18H2,1-2H3;1H. The normalized spacial score (nSPS) is 18.4. The first-order valence-corrected chi connectivity index (χ1v) is 7.67. The number of benzene rings is 1. The van der Waals surface area contributed by atoms with Crippen molar-refractivity contribution < 1.29 is 0 Å². The quantitative estimate of drug-likeness (QED) is 0.942. The minimum Gasteiger partial charge on any atom is -0.330 e. The Hall–Kier alpha value is -1.36. The molecule has 1 aliphatic heterocycles. The van der Waals surface area contributed by atoms with E-state index in [1.54, 1.807) is 0 Å². The number of hydrogen-bond acceptors (Lipinski definition) is 3. The molecule has 22 heavy (non-hydrogen) atoms. The molecule has 2 heterocycles. The monoisotopic (exact) mass is 320 g/mol. The van der Waals surface area contributed by atoms with Gasteiger partial charge in [-0.1, -0.05) is 17.7 Å². The van der Waals surface area contributed by atoms with Crippen LogP contribution in [0, 0.1) is 12.8 Å². The molecule has 5 heteroatoms. The van der Waals surface area contributed by atoms with Crippen molar-refractivity contribution in [2.45, 2.75) is 19.9 Å². The Morgan fingerprint density at radius 1 is 1.32 bits per heavy atom. The molecule has 1 unspecified atom stereocenters. The van der Waals surface area contributed by atoms with Crippen molar-refractivity contribution in [3.05, 3.63) is 41.6 Å². The van der Waals surface area contributed by atoms with E-state index in [-0.39, 0.29) is 12.4 Å². The van der Waals surface area contributed by atoms with Crippen molar-refractivity contribution in [1.29, 1.82) is 0 Å². The molecule has 1 aromatic heterocycles. The molecule has 0 saturated carbocycles. The van der Waals surface area contributed by atoms with Crippen LogP contribution in [0.5, 0.6) is 0 Å². The largest absolute Gasteiger partial charge is 0.330 e. The van der Waals surface area contributed by atoms with Gasteiger partial charge in [0.1, 0.15) is 0 Å². The lowest BCUT2D eigenvalue weighted by atomic mass is 10.0. The second kappa shape index (κ2) is 7.27. The molecule has 2 aromatic rings. The van der Waals surface area contributed by atoms with Crippen LogP contribution in [0.25, 0.3) is 11.3 Å². The van der Waals surface area contributed by atoms with Crippen LogP contribution < -0.4 is 5.73 Å². The first-order chi connectivity index (χ1) is 10.2. The molecular formula is C17H25ClN4. The molecular weight excluding hydrogens is 296 g/mol. The smallest absolute Gasteiger partial charge is 0.0682 e. The summed E-state index contributed by atoms with van der Waals surface area (Å²) in [6.45, 7) is 6.22. The van der Waals surface area contributed by atoms with Gasteiger partial charge in [-0.25, -0.2) is 0 Å². The van der Waals surface area contributed by atoms with E-state index < -0.39 is 0 Å². The minimum absolute atomic E-state index is 0. The maximum Gasteiger partial charge on any atom is 0.0682 e. The highest BCUT2D eigenvalue weighted by Gasteiger charge is 2.22. The van der Waals surface area contributed by atoms with Crippen molar-refractivity contribution in [3.63, 3.8) is 0 Å². The van der Waals surface area contributed by atoms with Crippen LogP contribution in [0.4, 0.5) is 0 Å². The summed E-state index contributed by atoms with van der Waals surface area (Å²) in [7, 11) is 2.00. The van der Waals surface area contributed by atoms with Crippen molar-refractivity contribution in [3.8, 4) is 11.3 Å². The molecule has 1 fully saturated rings. The summed E-state index contributed by atoms with van der Waals surface area (Å²) in [6.07, 6.45) is 3.09. The molecule has 0 amide bonds. The van der Waals surface area contributed by atoms with Gasteiger partial charge in [0.15, 0.2) is 0 Å². The second-order valence-electron chi connectivity index (χ2n) is 6.13. The van der Waals surface area contributed by atoms with Crippen LogP contribution in [0.15, 0.2) is 30.5 Å². The third-order valence-corrected chi connectivity index (χ3v) is 4.46. The van der Waals surface area contributed by atoms with E-state index in [1.165, 1.54) is 28.8 Å². The van der Waals surface area contributed by atoms with Gasteiger partial charge < -0.3 is 5.73 Å². The highest BCUT2D eigenvalue weighted by Crippen LogP contribution is 2.27. The number of nitrogens with zero attached hydrogens (tertiary/aromatic N) is 3. The molecule has 2 N–H and O–H groups in total. The van der Waals surface area contributed by atoms with Crippen molar-refractivity contribution in [1.82, 2.24) is 14.7 Å². The van der Waals surface area contributed by atoms with Gasteiger partial charge in [0.2, 0.25) is 0 Å². The molecule has 1 atom stereocenters. The number of nitrogens with two attached hydrogens (primary N) is 1. The van der Waals surface area contributed by atoms with Gasteiger partial charge in [-0.05, 0) is 50.0 Å². The molecule has 1 saturated heterocycles. The first-order valence-electron chi connectivity index (χ1n) is 7.67. The summed E-state index contributed by atoms with van der Waals surface area (Å²) < 4.78 is 1.95. The number of halogens is 1. The number of hydrogen-bond donors (Lipinski definition) is 1. The van der Waals surface area contributed by atoms with Crippen LogP contribution in [0.1, 0.15) is 17.5 Å². The van der Waals surface area contributed by atoms with E-state index in [4.69, 9.17) is 5.73 Å². The predicted octanol–water partition coefficient (Wildman–Crippen LogP) is 2.60. The van der Waals surface area contributed by atoms with E-state index in [0.717, 1.165) is 26.2 Å². The summed E-state index contributed by atoms with van der Waals surface area (Å²) in [5, 5.41) is 4.31. The van der Waals surface area contributed by atoms with E-state index in [1.807, 2.05) is 17.9 Å². The zero-order valence-electron chi connectivity index (χ0n) is 13.3. The molecule has 4 nitrogen and oxygen atoms in total. The van der Waals surface area contributed by atoms with Gasteiger partial charge >= 0.3 is 0 Å². The van der Waals surface area contributed by atoms with Crippen molar-refractivity contribution in [2.24, 2.45) is 18.7 Å². The fourth-order valence-electron chi connectivity index (χ4n) is 3.19. The lowest BCUT2D eigenvalue weighted by molar-refractivity contribution is 0.318. The van der Waals surface area contributed by atoms with E-state index in [0.29, 0.717) is 5.92 Å². The van der Waals surface area contributed by atoms with Crippen molar-refractivity contribution >= 4 is 12.4 Å². The molecule has 0 spiro atoms. The summed E-state index contributed by atoms with van der Waals surface area (Å²) >= 11 is 0. The maximum absolute atomic E-state index is 5.80. The number of aromatic nitrogens is 2. The number of likely N-dealkylation sites (tertiary alicyclic amines) is 1. The van der Waals surface area contributed by atoms with Gasteiger partial charge in [-0.3, -0.25) is 9.58 Å². The fourth-order valence-corrected chi connectivity index (χ4v) is 3.19. The summed E-state index contributed by atoms with van der Waals surface area (Å²) in [5.41, 5.74) is 10.9.